The predicted octanol–water partition coefficient (Wildman–Crippen LogP) is 6.98. The Morgan fingerprint density at radius 1 is 0.914 bits per heavy atom. The molecule has 1 aliphatic heterocycles. The highest BCUT2D eigenvalue weighted by atomic mass is 16.5. The van der Waals surface area contributed by atoms with Crippen LogP contribution in [0.15, 0.2) is 54.6 Å². The summed E-state index contributed by atoms with van der Waals surface area (Å²) >= 11 is 0. The third kappa shape index (κ3) is 7.99. The van der Waals surface area contributed by atoms with Gasteiger partial charge in [0.25, 0.3) is 0 Å². The van der Waals surface area contributed by atoms with Crippen LogP contribution < -0.4 is 10.1 Å². The Bertz CT molecular complexity index is 870. The second-order valence-corrected chi connectivity index (χ2v) is 10.3. The summed E-state index contributed by atoms with van der Waals surface area (Å²) in [4.78, 5) is 17.9. The van der Waals surface area contributed by atoms with Gasteiger partial charge in [-0.05, 0) is 61.9 Å². The van der Waals surface area contributed by atoms with Gasteiger partial charge in [-0.3, -0.25) is 4.90 Å². The molecule has 1 N–H and O–H groups in total. The summed E-state index contributed by atoms with van der Waals surface area (Å²) in [5.41, 5.74) is 1.30. The summed E-state index contributed by atoms with van der Waals surface area (Å²) in [5.74, 6) is 1.72. The van der Waals surface area contributed by atoms with Gasteiger partial charge in [0.05, 0.1) is 0 Å². The zero-order valence-corrected chi connectivity index (χ0v) is 21.5. The van der Waals surface area contributed by atoms with Crippen LogP contribution in [0.4, 0.5) is 4.79 Å². The Balaban J connectivity index is 1.26. The van der Waals surface area contributed by atoms with Crippen LogP contribution >= 0.6 is 0 Å². The molecular weight excluding hydrogens is 434 g/mol. The van der Waals surface area contributed by atoms with Crippen molar-refractivity contribution in [3.8, 4) is 11.5 Å². The van der Waals surface area contributed by atoms with Crippen LogP contribution in [0.5, 0.6) is 11.5 Å². The molecule has 0 bridgehead atoms. The van der Waals surface area contributed by atoms with Crippen molar-refractivity contribution in [3.63, 3.8) is 0 Å². The van der Waals surface area contributed by atoms with Crippen molar-refractivity contribution in [2.75, 3.05) is 19.6 Å². The number of urea groups is 1. The zero-order valence-electron chi connectivity index (χ0n) is 21.5. The third-order valence-electron chi connectivity index (χ3n) is 7.50. The summed E-state index contributed by atoms with van der Waals surface area (Å²) in [6.07, 6.45) is 11.7. The molecule has 190 valence electrons. The zero-order chi connectivity index (χ0) is 24.3. The maximum Gasteiger partial charge on any atom is 0.317 e. The summed E-state index contributed by atoms with van der Waals surface area (Å²) in [5, 5.41) is 3.40. The molecule has 5 nitrogen and oxygen atoms in total. The second-order valence-electron chi connectivity index (χ2n) is 10.3. The molecule has 2 aromatic carbocycles. The molecule has 0 atom stereocenters. The van der Waals surface area contributed by atoms with Crippen LogP contribution in [0.1, 0.15) is 76.7 Å². The molecule has 2 aromatic rings. The minimum atomic E-state index is 0.179. The third-order valence-corrected chi connectivity index (χ3v) is 7.50. The summed E-state index contributed by atoms with van der Waals surface area (Å²) in [6.45, 7) is 6.10. The summed E-state index contributed by atoms with van der Waals surface area (Å²) < 4.78 is 5.92. The Labute approximate surface area is 211 Å². The molecule has 5 heteroatoms. The van der Waals surface area contributed by atoms with Crippen molar-refractivity contribution >= 4 is 6.03 Å². The second kappa shape index (κ2) is 13.5. The Morgan fingerprint density at radius 2 is 1.57 bits per heavy atom. The van der Waals surface area contributed by atoms with E-state index in [9.17, 15) is 4.79 Å². The lowest BCUT2D eigenvalue weighted by atomic mass is 10.0. The minimum absolute atomic E-state index is 0.179. The highest BCUT2D eigenvalue weighted by Crippen LogP contribution is 2.24. The molecule has 0 unspecified atom stereocenters. The molecule has 2 amide bonds. The van der Waals surface area contributed by atoms with Crippen LogP contribution in [-0.2, 0) is 6.54 Å². The lowest BCUT2D eigenvalue weighted by Crippen LogP contribution is -2.52. The number of unbranched alkanes of at least 4 members (excludes halogenated alkanes) is 1. The van der Waals surface area contributed by atoms with Crippen LogP contribution in [0, 0.1) is 0 Å². The molecule has 0 spiro atoms. The SMILES string of the molecule is CCCCN(C(=O)NC1CCCCCC1)C1CCN(Cc2ccc(Oc3ccccc3)cc2)CC1. The average molecular weight is 478 g/mol. The number of piperidine rings is 1. The number of hydrogen-bond acceptors (Lipinski definition) is 3. The summed E-state index contributed by atoms with van der Waals surface area (Å²) in [7, 11) is 0. The number of rotatable bonds is 9. The van der Waals surface area contributed by atoms with Gasteiger partial charge in [0.1, 0.15) is 11.5 Å². The predicted molar refractivity (Wildman–Crippen MR) is 143 cm³/mol. The molecule has 2 fully saturated rings. The number of carbonyl (C=O) groups excluding carboxylic acids is 1. The van der Waals surface area contributed by atoms with E-state index in [-0.39, 0.29) is 6.03 Å². The normalized spacial score (nSPS) is 18.1. The summed E-state index contributed by atoms with van der Waals surface area (Å²) in [6, 6.07) is 19.2. The van der Waals surface area contributed by atoms with Gasteiger partial charge in [-0.25, -0.2) is 4.79 Å². The van der Waals surface area contributed by atoms with E-state index in [1.54, 1.807) is 0 Å². The van der Waals surface area contributed by atoms with Gasteiger partial charge < -0.3 is 15.0 Å². The Hall–Kier alpha value is -2.53. The first-order valence-electron chi connectivity index (χ1n) is 13.8. The lowest BCUT2D eigenvalue weighted by molar-refractivity contribution is 0.114. The maximum absolute atomic E-state index is 13.3. The number of benzene rings is 2. The number of nitrogens with one attached hydrogen (secondary N) is 1. The first-order chi connectivity index (χ1) is 17.2. The Morgan fingerprint density at radius 3 is 2.23 bits per heavy atom. The minimum Gasteiger partial charge on any atom is -0.457 e. The number of ether oxygens (including phenoxy) is 1. The largest absolute Gasteiger partial charge is 0.457 e. The van der Waals surface area contributed by atoms with E-state index < -0.39 is 0 Å². The maximum atomic E-state index is 13.3. The van der Waals surface area contributed by atoms with Crippen molar-refractivity contribution in [1.82, 2.24) is 15.1 Å². The monoisotopic (exact) mass is 477 g/mol. The van der Waals surface area contributed by atoms with Crippen LogP contribution in [0.25, 0.3) is 0 Å². The quantitative estimate of drug-likeness (QED) is 0.396. The van der Waals surface area contributed by atoms with E-state index in [2.05, 4.69) is 46.3 Å². The number of nitrogens with zero attached hydrogens (tertiary/aromatic N) is 2. The molecular formula is C30H43N3O2. The van der Waals surface area contributed by atoms with Crippen molar-refractivity contribution in [2.45, 2.75) is 89.8 Å². The number of amides is 2. The molecule has 0 aromatic heterocycles. The first-order valence-corrected chi connectivity index (χ1v) is 13.8. The number of likely N-dealkylation sites (tertiary alicyclic amines) is 1. The van der Waals surface area contributed by atoms with Crippen LogP contribution in [-0.4, -0.2) is 47.5 Å². The van der Waals surface area contributed by atoms with E-state index in [4.69, 9.17) is 4.74 Å². The molecule has 1 saturated carbocycles. The fourth-order valence-electron chi connectivity index (χ4n) is 5.39. The fraction of sp³-hybridized carbons (Fsp3) is 0.567. The molecule has 35 heavy (non-hydrogen) atoms. The van der Waals surface area contributed by atoms with Gasteiger partial charge in [-0.2, -0.15) is 0 Å². The standard InChI is InChI=1S/C30H43N3O2/c1-2-3-21-33(30(34)31-26-11-7-4-5-8-12-26)27-19-22-32(23-20-27)24-25-15-17-29(18-16-25)35-28-13-9-6-10-14-28/h6,9-10,13-18,26-27H,2-5,7-8,11-12,19-24H2,1H3,(H,31,34). The molecule has 0 radical (unpaired) electrons. The van der Waals surface area contributed by atoms with Gasteiger partial charge in [0.2, 0.25) is 0 Å². The molecule has 1 aliphatic carbocycles. The van der Waals surface area contributed by atoms with E-state index in [0.717, 1.165) is 76.2 Å². The highest BCUT2D eigenvalue weighted by molar-refractivity contribution is 5.75. The van der Waals surface area contributed by atoms with Crippen molar-refractivity contribution in [1.29, 1.82) is 0 Å². The van der Waals surface area contributed by atoms with Crippen LogP contribution in [0.2, 0.25) is 0 Å². The highest BCUT2D eigenvalue weighted by Gasteiger charge is 2.29. The molecule has 1 saturated heterocycles. The smallest absolute Gasteiger partial charge is 0.317 e. The van der Waals surface area contributed by atoms with Gasteiger partial charge in [0.15, 0.2) is 0 Å². The van der Waals surface area contributed by atoms with Crippen molar-refractivity contribution < 1.29 is 9.53 Å². The molecule has 4 rings (SSSR count). The average Bonchev–Trinajstić information content (AvgIpc) is 3.16. The first kappa shape index (κ1) is 25.6. The Kier molecular flexibility index (Phi) is 9.88. The van der Waals surface area contributed by atoms with E-state index in [1.807, 2.05) is 30.3 Å². The lowest BCUT2D eigenvalue weighted by Gasteiger charge is -2.39. The van der Waals surface area contributed by atoms with E-state index in [0.29, 0.717) is 12.1 Å². The van der Waals surface area contributed by atoms with Crippen LogP contribution in [0.3, 0.4) is 0 Å². The van der Waals surface area contributed by atoms with Gasteiger partial charge in [-0.1, -0.05) is 69.4 Å². The van der Waals surface area contributed by atoms with Gasteiger partial charge >= 0.3 is 6.03 Å². The van der Waals surface area contributed by atoms with E-state index >= 15 is 0 Å². The number of hydrogen-bond donors (Lipinski definition) is 1. The number of para-hydroxylation sites is 1. The topological polar surface area (TPSA) is 44.8 Å². The van der Waals surface area contributed by atoms with Gasteiger partial charge in [0, 0.05) is 38.3 Å². The molecule has 1 heterocycles. The van der Waals surface area contributed by atoms with Crippen molar-refractivity contribution in [2.24, 2.45) is 0 Å². The van der Waals surface area contributed by atoms with Gasteiger partial charge in [-0.15, -0.1) is 0 Å². The van der Waals surface area contributed by atoms with E-state index in [1.165, 1.54) is 31.2 Å². The van der Waals surface area contributed by atoms with Crippen molar-refractivity contribution in [3.05, 3.63) is 60.2 Å². The number of carbonyl (C=O) groups is 1. The fourth-order valence-corrected chi connectivity index (χ4v) is 5.39. The molecule has 2 aliphatic rings.